The Hall–Kier alpha value is -1.22. The lowest BCUT2D eigenvalue weighted by atomic mass is 10.1. The van der Waals surface area contributed by atoms with Crippen LogP contribution in [0.5, 0.6) is 5.75 Å². The van der Waals surface area contributed by atoms with Crippen molar-refractivity contribution in [2.24, 2.45) is 0 Å². The van der Waals surface area contributed by atoms with Crippen molar-refractivity contribution in [1.82, 2.24) is 0 Å². The third-order valence-electron chi connectivity index (χ3n) is 3.03. The maximum atomic E-state index is 9.80. The van der Waals surface area contributed by atoms with Gasteiger partial charge in [0, 0.05) is 11.1 Å². The van der Waals surface area contributed by atoms with Crippen LogP contribution in [0.1, 0.15) is 29.7 Å². The van der Waals surface area contributed by atoms with E-state index in [1.807, 2.05) is 37.3 Å². The van der Waals surface area contributed by atoms with Crippen LogP contribution in [0.4, 0.5) is 0 Å². The molecule has 0 fully saturated rings. The van der Waals surface area contributed by atoms with E-state index in [4.69, 9.17) is 27.9 Å². The first-order valence-corrected chi connectivity index (χ1v) is 7.09. The Balaban J connectivity index is 2.21. The van der Waals surface area contributed by atoms with Gasteiger partial charge in [0.15, 0.2) is 0 Å². The Bertz CT molecular complexity index is 609. The highest BCUT2D eigenvalue weighted by Gasteiger charge is 2.11. The summed E-state index contributed by atoms with van der Waals surface area (Å²) < 4.78 is 5.77. The van der Waals surface area contributed by atoms with Gasteiger partial charge in [-0.15, -0.1) is 0 Å². The molecule has 2 aromatic rings. The largest absolute Gasteiger partial charge is 0.488 e. The summed E-state index contributed by atoms with van der Waals surface area (Å²) in [5.74, 6) is 0.654. The van der Waals surface area contributed by atoms with E-state index in [0.29, 0.717) is 22.4 Å². The molecule has 0 radical (unpaired) electrons. The van der Waals surface area contributed by atoms with Gasteiger partial charge < -0.3 is 9.84 Å². The van der Waals surface area contributed by atoms with Crippen molar-refractivity contribution in [3.8, 4) is 5.75 Å². The highest BCUT2D eigenvalue weighted by atomic mass is 35.5. The van der Waals surface area contributed by atoms with Gasteiger partial charge in [-0.2, -0.15) is 0 Å². The van der Waals surface area contributed by atoms with E-state index >= 15 is 0 Å². The molecule has 0 heterocycles. The molecule has 106 valence electrons. The smallest absolute Gasteiger partial charge is 0.125 e. The Morgan fingerprint density at radius 2 is 1.95 bits per heavy atom. The summed E-state index contributed by atoms with van der Waals surface area (Å²) in [6.07, 6.45) is -0.584. The summed E-state index contributed by atoms with van der Waals surface area (Å²) in [6, 6.07) is 11.2. The number of aliphatic hydroxyl groups is 1. The van der Waals surface area contributed by atoms with Gasteiger partial charge in [-0.3, -0.25) is 0 Å². The Morgan fingerprint density at radius 3 is 2.65 bits per heavy atom. The lowest BCUT2D eigenvalue weighted by Crippen LogP contribution is -2.02. The second kappa shape index (κ2) is 6.49. The number of hydrogen-bond acceptors (Lipinski definition) is 2. The highest BCUT2D eigenvalue weighted by molar-refractivity contribution is 6.42. The van der Waals surface area contributed by atoms with Gasteiger partial charge in [-0.25, -0.2) is 0 Å². The monoisotopic (exact) mass is 310 g/mol. The van der Waals surface area contributed by atoms with Gasteiger partial charge in [0.05, 0.1) is 16.1 Å². The quantitative estimate of drug-likeness (QED) is 0.867. The molecule has 1 unspecified atom stereocenters. The number of aryl methyl sites for hydroxylation is 1. The zero-order valence-electron chi connectivity index (χ0n) is 11.4. The molecule has 0 aliphatic heterocycles. The van der Waals surface area contributed by atoms with Crippen LogP contribution in [0.15, 0.2) is 36.4 Å². The van der Waals surface area contributed by atoms with Crippen molar-refractivity contribution >= 4 is 23.2 Å². The summed E-state index contributed by atoms with van der Waals surface area (Å²) in [4.78, 5) is 0. The van der Waals surface area contributed by atoms with E-state index in [1.54, 1.807) is 13.0 Å². The zero-order valence-corrected chi connectivity index (χ0v) is 12.9. The van der Waals surface area contributed by atoms with Crippen LogP contribution in [0.25, 0.3) is 0 Å². The average molecular weight is 311 g/mol. The van der Waals surface area contributed by atoms with Crippen LogP contribution in [-0.2, 0) is 6.61 Å². The standard InChI is InChI=1S/C16H16Cl2O2/c1-10-6-7-15(13(8-10)11(2)19)20-9-12-4-3-5-14(17)16(12)18/h3-8,11,19H,9H2,1-2H3. The van der Waals surface area contributed by atoms with E-state index in [1.165, 1.54) is 0 Å². The molecular weight excluding hydrogens is 295 g/mol. The first-order chi connectivity index (χ1) is 9.49. The summed E-state index contributed by atoms with van der Waals surface area (Å²) in [5.41, 5.74) is 2.66. The van der Waals surface area contributed by atoms with Gasteiger partial charge in [0.2, 0.25) is 0 Å². The van der Waals surface area contributed by atoms with Crippen molar-refractivity contribution in [2.45, 2.75) is 26.6 Å². The number of halogens is 2. The molecule has 2 nitrogen and oxygen atoms in total. The van der Waals surface area contributed by atoms with Crippen molar-refractivity contribution in [3.05, 3.63) is 63.1 Å². The molecule has 0 saturated carbocycles. The summed E-state index contributed by atoms with van der Waals surface area (Å²) in [5, 5.41) is 10.8. The van der Waals surface area contributed by atoms with E-state index in [2.05, 4.69) is 0 Å². The number of aliphatic hydroxyl groups excluding tert-OH is 1. The Labute approximate surface area is 128 Å². The Morgan fingerprint density at radius 1 is 1.20 bits per heavy atom. The van der Waals surface area contributed by atoms with Gasteiger partial charge in [0.1, 0.15) is 12.4 Å². The lowest BCUT2D eigenvalue weighted by molar-refractivity contribution is 0.190. The fraction of sp³-hybridized carbons (Fsp3) is 0.250. The summed E-state index contributed by atoms with van der Waals surface area (Å²) in [7, 11) is 0. The molecule has 0 amide bonds. The number of rotatable bonds is 4. The second-order valence-corrected chi connectivity index (χ2v) is 5.50. The summed E-state index contributed by atoms with van der Waals surface area (Å²) >= 11 is 12.1. The molecule has 20 heavy (non-hydrogen) atoms. The molecule has 0 aromatic heterocycles. The van der Waals surface area contributed by atoms with E-state index < -0.39 is 6.10 Å². The SMILES string of the molecule is Cc1ccc(OCc2cccc(Cl)c2Cl)c(C(C)O)c1. The highest BCUT2D eigenvalue weighted by Crippen LogP contribution is 2.29. The molecule has 4 heteroatoms. The zero-order chi connectivity index (χ0) is 14.7. The van der Waals surface area contributed by atoms with Crippen molar-refractivity contribution < 1.29 is 9.84 Å². The minimum atomic E-state index is -0.584. The van der Waals surface area contributed by atoms with Gasteiger partial charge in [0.25, 0.3) is 0 Å². The number of benzene rings is 2. The second-order valence-electron chi connectivity index (χ2n) is 4.72. The maximum absolute atomic E-state index is 9.80. The molecule has 0 spiro atoms. The maximum Gasteiger partial charge on any atom is 0.125 e. The molecule has 0 saturated heterocycles. The lowest BCUT2D eigenvalue weighted by Gasteiger charge is -2.15. The number of ether oxygens (including phenoxy) is 1. The van der Waals surface area contributed by atoms with E-state index in [0.717, 1.165) is 16.7 Å². The van der Waals surface area contributed by atoms with Crippen LogP contribution >= 0.6 is 23.2 Å². The fourth-order valence-corrected chi connectivity index (χ4v) is 2.32. The summed E-state index contributed by atoms with van der Waals surface area (Å²) in [6.45, 7) is 4.00. The van der Waals surface area contributed by atoms with E-state index in [-0.39, 0.29) is 0 Å². The number of hydrogen-bond donors (Lipinski definition) is 1. The molecule has 0 aliphatic rings. The van der Waals surface area contributed by atoms with Crippen LogP contribution in [0, 0.1) is 6.92 Å². The van der Waals surface area contributed by atoms with Crippen LogP contribution < -0.4 is 4.74 Å². The first kappa shape index (κ1) is 15.2. The van der Waals surface area contributed by atoms with Crippen LogP contribution in [0.3, 0.4) is 0 Å². The van der Waals surface area contributed by atoms with Crippen molar-refractivity contribution in [3.63, 3.8) is 0 Å². The van der Waals surface area contributed by atoms with Crippen molar-refractivity contribution in [2.75, 3.05) is 0 Å². The van der Waals surface area contributed by atoms with E-state index in [9.17, 15) is 5.11 Å². The van der Waals surface area contributed by atoms with Gasteiger partial charge >= 0.3 is 0 Å². The molecule has 1 N–H and O–H groups in total. The molecule has 2 aromatic carbocycles. The minimum absolute atomic E-state index is 0.308. The molecule has 2 rings (SSSR count). The van der Waals surface area contributed by atoms with Crippen molar-refractivity contribution in [1.29, 1.82) is 0 Å². The van der Waals surface area contributed by atoms with Gasteiger partial charge in [-0.1, -0.05) is 47.0 Å². The topological polar surface area (TPSA) is 29.5 Å². The predicted molar refractivity (Wildman–Crippen MR) is 82.6 cm³/mol. The molecule has 1 atom stereocenters. The molecule has 0 aliphatic carbocycles. The first-order valence-electron chi connectivity index (χ1n) is 6.33. The normalized spacial score (nSPS) is 12.2. The average Bonchev–Trinajstić information content (AvgIpc) is 2.41. The molecular formula is C16H16Cl2O2. The predicted octanol–water partition coefficient (Wildman–Crippen LogP) is 4.93. The third kappa shape index (κ3) is 3.45. The van der Waals surface area contributed by atoms with Gasteiger partial charge in [-0.05, 0) is 32.0 Å². The Kier molecular flexibility index (Phi) is 4.92. The van der Waals surface area contributed by atoms with Crippen LogP contribution in [0.2, 0.25) is 10.0 Å². The third-order valence-corrected chi connectivity index (χ3v) is 3.89. The van der Waals surface area contributed by atoms with Crippen LogP contribution in [-0.4, -0.2) is 5.11 Å². The molecule has 0 bridgehead atoms. The fourth-order valence-electron chi connectivity index (χ4n) is 1.94. The minimum Gasteiger partial charge on any atom is -0.488 e.